The monoisotopic (exact) mass is 294 g/mol. The van der Waals surface area contributed by atoms with E-state index in [4.69, 9.17) is 4.74 Å². The minimum atomic E-state index is -0.229. The van der Waals surface area contributed by atoms with Gasteiger partial charge in [0.25, 0.3) is 0 Å². The fourth-order valence-electron chi connectivity index (χ4n) is 2.34. The Labute approximate surface area is 125 Å². The Morgan fingerprint density at radius 3 is 2.60 bits per heavy atom. The Bertz CT molecular complexity index is 421. The molecule has 0 aliphatic carbocycles. The quantitative estimate of drug-likeness (QED) is 0.814. The molecule has 20 heavy (non-hydrogen) atoms. The van der Waals surface area contributed by atoms with Crippen molar-refractivity contribution in [2.45, 2.75) is 24.5 Å². The Kier molecular flexibility index (Phi) is 5.88. The van der Waals surface area contributed by atoms with Crippen molar-refractivity contribution in [3.05, 3.63) is 35.9 Å². The summed E-state index contributed by atoms with van der Waals surface area (Å²) in [7, 11) is 0. The van der Waals surface area contributed by atoms with Gasteiger partial charge in [-0.15, -0.1) is 0 Å². The van der Waals surface area contributed by atoms with E-state index < -0.39 is 0 Å². The van der Waals surface area contributed by atoms with Crippen LogP contribution in [-0.4, -0.2) is 42.5 Å². The molecule has 4 nitrogen and oxygen atoms in total. The van der Waals surface area contributed by atoms with Crippen molar-refractivity contribution < 1.29 is 9.53 Å². The largest absolute Gasteiger partial charge is 0.379 e. The van der Waals surface area contributed by atoms with E-state index in [0.717, 1.165) is 25.1 Å². The zero-order valence-electron chi connectivity index (χ0n) is 11.8. The molecule has 1 aromatic rings. The van der Waals surface area contributed by atoms with Crippen LogP contribution in [0.1, 0.15) is 24.8 Å². The van der Waals surface area contributed by atoms with Gasteiger partial charge in [-0.1, -0.05) is 37.3 Å². The summed E-state index contributed by atoms with van der Waals surface area (Å²) in [5, 5.41) is 1.94. The number of hydrogen-bond donors (Lipinski definition) is 2. The highest BCUT2D eigenvalue weighted by Gasteiger charge is 2.28. The topological polar surface area (TPSA) is 41.6 Å². The van der Waals surface area contributed by atoms with Gasteiger partial charge in [0, 0.05) is 18.3 Å². The molecular weight excluding hydrogens is 272 g/mol. The maximum Gasteiger partial charge on any atom is 0.242 e. The van der Waals surface area contributed by atoms with E-state index in [1.165, 1.54) is 0 Å². The predicted molar refractivity (Wildman–Crippen MR) is 82.8 cm³/mol. The third kappa shape index (κ3) is 3.98. The van der Waals surface area contributed by atoms with Crippen LogP contribution in [0, 0.1) is 0 Å². The minimum Gasteiger partial charge on any atom is -0.379 e. The summed E-state index contributed by atoms with van der Waals surface area (Å²) in [6.45, 7) is 4.84. The number of thiol groups is 1. The standard InChI is InChI=1S/C15H22N2O2S/c1-2-13(20)14(12-6-4-3-5-7-12)15(18)16-17-8-10-19-11-9-17/h3-7,13-14,20H,2,8-11H2,1H3,(H,16,18). The van der Waals surface area contributed by atoms with E-state index in [-0.39, 0.29) is 17.1 Å². The number of carbonyl (C=O) groups excluding carboxylic acids is 1. The summed E-state index contributed by atoms with van der Waals surface area (Å²) in [6.07, 6.45) is 0.846. The average molecular weight is 294 g/mol. The van der Waals surface area contributed by atoms with E-state index in [1.54, 1.807) is 0 Å². The number of amides is 1. The van der Waals surface area contributed by atoms with Gasteiger partial charge in [0.05, 0.1) is 19.1 Å². The number of nitrogens with one attached hydrogen (secondary N) is 1. The molecule has 1 saturated heterocycles. The second-order valence-electron chi connectivity index (χ2n) is 4.94. The van der Waals surface area contributed by atoms with Crippen LogP contribution in [0.3, 0.4) is 0 Å². The molecule has 0 spiro atoms. The normalized spacial score (nSPS) is 19.3. The summed E-state index contributed by atoms with van der Waals surface area (Å²) in [6, 6.07) is 9.85. The van der Waals surface area contributed by atoms with Gasteiger partial charge in [-0.25, -0.2) is 5.01 Å². The lowest BCUT2D eigenvalue weighted by molar-refractivity contribution is -0.129. The molecule has 1 heterocycles. The third-order valence-electron chi connectivity index (χ3n) is 3.52. The summed E-state index contributed by atoms with van der Waals surface area (Å²) in [5.74, 6) is -0.215. The van der Waals surface area contributed by atoms with Crippen molar-refractivity contribution in [1.82, 2.24) is 10.4 Å². The van der Waals surface area contributed by atoms with E-state index in [1.807, 2.05) is 35.3 Å². The maximum atomic E-state index is 12.6. The fourth-order valence-corrected chi connectivity index (χ4v) is 2.65. The smallest absolute Gasteiger partial charge is 0.242 e. The first kappa shape index (κ1) is 15.4. The number of nitrogens with zero attached hydrogens (tertiary/aromatic N) is 1. The molecular formula is C15H22N2O2S. The van der Waals surface area contributed by atoms with Crippen molar-refractivity contribution >= 4 is 18.5 Å². The molecule has 110 valence electrons. The summed E-state index contributed by atoms with van der Waals surface area (Å²) in [5.41, 5.74) is 4.01. The van der Waals surface area contributed by atoms with Crippen molar-refractivity contribution in [2.75, 3.05) is 26.3 Å². The molecule has 2 atom stereocenters. The van der Waals surface area contributed by atoms with Gasteiger partial charge in [0.2, 0.25) is 5.91 Å². The van der Waals surface area contributed by atoms with Gasteiger partial charge < -0.3 is 4.74 Å². The van der Waals surface area contributed by atoms with Gasteiger partial charge in [-0.05, 0) is 12.0 Å². The second kappa shape index (κ2) is 7.67. The maximum absolute atomic E-state index is 12.6. The number of hydrogen-bond acceptors (Lipinski definition) is 4. The highest BCUT2D eigenvalue weighted by atomic mass is 32.1. The average Bonchev–Trinajstić information content (AvgIpc) is 2.49. The van der Waals surface area contributed by atoms with Gasteiger partial charge in [0.1, 0.15) is 0 Å². The van der Waals surface area contributed by atoms with E-state index >= 15 is 0 Å². The van der Waals surface area contributed by atoms with Gasteiger partial charge in [0.15, 0.2) is 0 Å². The molecule has 1 aliphatic heterocycles. The third-order valence-corrected chi connectivity index (χ3v) is 4.19. The van der Waals surface area contributed by atoms with Gasteiger partial charge in [-0.2, -0.15) is 12.6 Å². The minimum absolute atomic E-state index is 0.0124. The fraction of sp³-hybridized carbons (Fsp3) is 0.533. The molecule has 0 saturated carbocycles. The van der Waals surface area contributed by atoms with Crippen LogP contribution in [0.4, 0.5) is 0 Å². The predicted octanol–water partition coefficient (Wildman–Crippen LogP) is 1.84. The first-order chi connectivity index (χ1) is 9.72. The van der Waals surface area contributed by atoms with E-state index in [2.05, 4.69) is 25.0 Å². The number of benzene rings is 1. The lowest BCUT2D eigenvalue weighted by Gasteiger charge is -2.30. The molecule has 1 fully saturated rings. The molecule has 5 heteroatoms. The lowest BCUT2D eigenvalue weighted by Crippen LogP contribution is -2.50. The number of ether oxygens (including phenoxy) is 1. The van der Waals surface area contributed by atoms with Crippen LogP contribution < -0.4 is 5.43 Å². The number of rotatable bonds is 5. The summed E-state index contributed by atoms with van der Waals surface area (Å²) >= 11 is 4.59. The molecule has 2 rings (SSSR count). The molecule has 2 unspecified atom stereocenters. The van der Waals surface area contributed by atoms with Crippen LogP contribution in [0.15, 0.2) is 30.3 Å². The van der Waals surface area contributed by atoms with Crippen LogP contribution >= 0.6 is 12.6 Å². The van der Waals surface area contributed by atoms with Crippen molar-refractivity contribution in [1.29, 1.82) is 0 Å². The molecule has 1 aromatic carbocycles. The van der Waals surface area contributed by atoms with Crippen LogP contribution in [0.2, 0.25) is 0 Å². The Morgan fingerprint density at radius 2 is 2.00 bits per heavy atom. The van der Waals surface area contributed by atoms with Gasteiger partial charge in [-0.3, -0.25) is 10.2 Å². The first-order valence-corrected chi connectivity index (χ1v) is 7.60. The number of hydrazine groups is 1. The highest BCUT2D eigenvalue weighted by molar-refractivity contribution is 7.81. The SMILES string of the molecule is CCC(S)C(C(=O)NN1CCOCC1)c1ccccc1. The van der Waals surface area contributed by atoms with Crippen molar-refractivity contribution in [3.8, 4) is 0 Å². The Morgan fingerprint density at radius 1 is 1.35 bits per heavy atom. The number of carbonyl (C=O) groups is 1. The Hall–Kier alpha value is -1.04. The number of morpholine rings is 1. The van der Waals surface area contributed by atoms with E-state index in [0.29, 0.717) is 13.2 Å². The van der Waals surface area contributed by atoms with Crippen molar-refractivity contribution in [3.63, 3.8) is 0 Å². The molecule has 1 N–H and O–H groups in total. The molecule has 0 radical (unpaired) electrons. The molecule has 0 bridgehead atoms. The van der Waals surface area contributed by atoms with E-state index in [9.17, 15) is 4.79 Å². The molecule has 1 aliphatic rings. The Balaban J connectivity index is 2.08. The van der Waals surface area contributed by atoms with Crippen molar-refractivity contribution in [2.24, 2.45) is 0 Å². The first-order valence-electron chi connectivity index (χ1n) is 7.08. The summed E-state index contributed by atoms with van der Waals surface area (Å²) in [4.78, 5) is 12.6. The zero-order valence-corrected chi connectivity index (χ0v) is 12.7. The van der Waals surface area contributed by atoms with Gasteiger partial charge >= 0.3 is 0 Å². The molecule has 0 aromatic heterocycles. The van der Waals surface area contributed by atoms with Crippen LogP contribution in [0.5, 0.6) is 0 Å². The lowest BCUT2D eigenvalue weighted by atomic mass is 9.93. The highest BCUT2D eigenvalue weighted by Crippen LogP contribution is 2.26. The molecule has 1 amide bonds. The zero-order chi connectivity index (χ0) is 14.4. The van der Waals surface area contributed by atoms with Crippen LogP contribution in [0.25, 0.3) is 0 Å². The second-order valence-corrected chi connectivity index (χ2v) is 5.60. The summed E-state index contributed by atoms with van der Waals surface area (Å²) < 4.78 is 5.29. The van der Waals surface area contributed by atoms with Crippen LogP contribution in [-0.2, 0) is 9.53 Å².